The zero-order valence-corrected chi connectivity index (χ0v) is 12.9. The van der Waals surface area contributed by atoms with E-state index in [0.29, 0.717) is 19.6 Å². The van der Waals surface area contributed by atoms with Gasteiger partial charge in [-0.1, -0.05) is 0 Å². The Bertz CT molecular complexity index is 152. The van der Waals surface area contributed by atoms with E-state index in [2.05, 4.69) is 5.32 Å². The lowest BCUT2D eigenvalue weighted by Crippen LogP contribution is -2.43. The van der Waals surface area contributed by atoms with Gasteiger partial charge >= 0.3 is 8.80 Å². The van der Waals surface area contributed by atoms with Gasteiger partial charge in [0.25, 0.3) is 0 Å². The van der Waals surface area contributed by atoms with Crippen LogP contribution < -0.4 is 22.5 Å². The Morgan fingerprint density at radius 3 is 1.67 bits per heavy atom. The molecule has 0 heterocycles. The first kappa shape index (κ1) is 20.3. The molecule has 0 radical (unpaired) electrons. The molecule has 0 bridgehead atoms. The number of hydrogen-bond acceptors (Lipinski definition) is 7. The van der Waals surface area contributed by atoms with E-state index in [-0.39, 0.29) is 0 Å². The Morgan fingerprint density at radius 2 is 1.33 bits per heavy atom. The van der Waals surface area contributed by atoms with Crippen LogP contribution in [0.1, 0.15) is 6.42 Å². The summed E-state index contributed by atoms with van der Waals surface area (Å²) in [4.78, 5) is 0. The van der Waals surface area contributed by atoms with Crippen LogP contribution in [0.4, 0.5) is 0 Å². The Labute approximate surface area is 112 Å². The van der Waals surface area contributed by atoms with E-state index in [9.17, 15) is 0 Å². The molecule has 0 aliphatic rings. The molecule has 0 aliphatic heterocycles. The molecule has 0 aromatic carbocycles. The minimum absolute atomic E-state index is 0.597. The number of nitrogens with two attached hydrogens (primary N) is 3. The highest BCUT2D eigenvalue weighted by molar-refractivity contribution is 6.60. The van der Waals surface area contributed by atoms with Crippen LogP contribution in [0, 0.1) is 0 Å². The molecular weight excluding hydrogens is 252 g/mol. The maximum Gasteiger partial charge on any atom is 0.500 e. The van der Waals surface area contributed by atoms with E-state index in [1.54, 1.807) is 21.3 Å². The quantitative estimate of drug-likeness (QED) is 0.291. The summed E-state index contributed by atoms with van der Waals surface area (Å²) in [6.45, 7) is 3.63. The lowest BCUT2D eigenvalue weighted by Gasteiger charge is -2.24. The van der Waals surface area contributed by atoms with Crippen LogP contribution in [0.25, 0.3) is 0 Å². The number of nitrogens with one attached hydrogen (secondary N) is 1. The standard InChI is InChI=1S/C8H22N2O3Si.C2H8N2/c1-11-14(12-2,13-3)8-4-6-10-7-5-9;3-1-2-4/h10H,4-9H2,1-3H3;1-4H2. The highest BCUT2D eigenvalue weighted by Crippen LogP contribution is 2.13. The average molecular weight is 282 g/mol. The van der Waals surface area contributed by atoms with Gasteiger partial charge in [0, 0.05) is 53.6 Å². The molecule has 0 aromatic rings. The van der Waals surface area contributed by atoms with Crippen molar-refractivity contribution in [3.63, 3.8) is 0 Å². The van der Waals surface area contributed by atoms with Gasteiger partial charge in [0.05, 0.1) is 0 Å². The zero-order chi connectivity index (χ0) is 14.3. The van der Waals surface area contributed by atoms with Gasteiger partial charge in [0.1, 0.15) is 0 Å². The predicted octanol–water partition coefficient (Wildman–Crippen LogP) is -1.29. The molecule has 18 heavy (non-hydrogen) atoms. The molecule has 0 aliphatic carbocycles. The van der Waals surface area contributed by atoms with E-state index in [1.807, 2.05) is 0 Å². The van der Waals surface area contributed by atoms with Crippen molar-refractivity contribution >= 4 is 8.80 Å². The lowest BCUT2D eigenvalue weighted by molar-refractivity contribution is 0.123. The van der Waals surface area contributed by atoms with E-state index in [0.717, 1.165) is 25.6 Å². The molecule has 0 rings (SSSR count). The van der Waals surface area contributed by atoms with Gasteiger partial charge in [-0.2, -0.15) is 0 Å². The highest BCUT2D eigenvalue weighted by atomic mass is 28.4. The molecule has 0 atom stereocenters. The van der Waals surface area contributed by atoms with E-state index >= 15 is 0 Å². The second-order valence-corrected chi connectivity index (χ2v) is 6.61. The first-order chi connectivity index (χ1) is 8.66. The topological polar surface area (TPSA) is 118 Å². The first-order valence-electron chi connectivity index (χ1n) is 6.12. The predicted molar refractivity (Wildman–Crippen MR) is 76.2 cm³/mol. The Morgan fingerprint density at radius 1 is 0.833 bits per heavy atom. The summed E-state index contributed by atoms with van der Waals surface area (Å²) in [7, 11) is 2.55. The van der Waals surface area contributed by atoms with Crippen LogP contribution in [0.15, 0.2) is 0 Å². The summed E-state index contributed by atoms with van der Waals surface area (Å²) in [6, 6.07) is 0.827. The third-order valence-corrected chi connectivity index (χ3v) is 5.09. The minimum Gasteiger partial charge on any atom is -0.377 e. The molecular formula is C10H30N4O3Si. The SMILES string of the molecule is CO[Si](CCCNCCN)(OC)OC.NCCN. The van der Waals surface area contributed by atoms with Gasteiger partial charge in [-0.15, -0.1) is 0 Å². The van der Waals surface area contributed by atoms with Gasteiger partial charge in [0.15, 0.2) is 0 Å². The van der Waals surface area contributed by atoms with Crippen molar-refractivity contribution in [3.05, 3.63) is 0 Å². The molecule has 0 saturated carbocycles. The molecule has 0 amide bonds. The largest absolute Gasteiger partial charge is 0.500 e. The smallest absolute Gasteiger partial charge is 0.377 e. The maximum absolute atomic E-state index is 5.35. The molecule has 7 N–H and O–H groups in total. The summed E-state index contributed by atoms with van der Waals surface area (Å²) in [5, 5.41) is 3.21. The number of rotatable bonds is 10. The van der Waals surface area contributed by atoms with Crippen LogP contribution >= 0.6 is 0 Å². The van der Waals surface area contributed by atoms with Gasteiger partial charge < -0.3 is 35.8 Å². The fraction of sp³-hybridized carbons (Fsp3) is 1.00. The Balaban J connectivity index is 0. The van der Waals surface area contributed by atoms with Crippen molar-refractivity contribution in [1.82, 2.24) is 5.32 Å². The average Bonchev–Trinajstić information content (AvgIpc) is 2.44. The van der Waals surface area contributed by atoms with E-state index in [1.165, 1.54) is 0 Å². The van der Waals surface area contributed by atoms with Gasteiger partial charge in [-0.25, -0.2) is 0 Å². The fourth-order valence-corrected chi connectivity index (χ4v) is 2.94. The van der Waals surface area contributed by atoms with Gasteiger partial charge in [0.2, 0.25) is 0 Å². The summed E-state index contributed by atoms with van der Waals surface area (Å²) in [5.74, 6) is 0. The lowest BCUT2D eigenvalue weighted by atomic mass is 10.5. The van der Waals surface area contributed by atoms with Crippen LogP contribution in [0.5, 0.6) is 0 Å². The summed E-state index contributed by atoms with van der Waals surface area (Å²) in [5.41, 5.74) is 15.2. The molecule has 0 spiro atoms. The van der Waals surface area contributed by atoms with Crippen molar-refractivity contribution < 1.29 is 13.3 Å². The highest BCUT2D eigenvalue weighted by Gasteiger charge is 2.36. The zero-order valence-electron chi connectivity index (χ0n) is 11.9. The summed E-state index contributed by atoms with van der Waals surface area (Å²) >= 11 is 0. The van der Waals surface area contributed by atoms with Gasteiger partial charge in [-0.05, 0) is 13.0 Å². The van der Waals surface area contributed by atoms with Crippen LogP contribution in [0.2, 0.25) is 6.04 Å². The number of hydrogen-bond donors (Lipinski definition) is 4. The normalized spacial score (nSPS) is 11.0. The molecule has 0 unspecified atom stereocenters. The van der Waals surface area contributed by atoms with Crippen molar-refractivity contribution in [2.24, 2.45) is 17.2 Å². The first-order valence-corrected chi connectivity index (χ1v) is 8.05. The van der Waals surface area contributed by atoms with Crippen molar-refractivity contribution in [1.29, 1.82) is 0 Å². The molecule has 8 heteroatoms. The monoisotopic (exact) mass is 282 g/mol. The molecule has 0 aromatic heterocycles. The van der Waals surface area contributed by atoms with E-state index < -0.39 is 8.80 Å². The summed E-state index contributed by atoms with van der Waals surface area (Å²) in [6.07, 6.45) is 0.974. The summed E-state index contributed by atoms with van der Waals surface area (Å²) < 4.78 is 15.9. The van der Waals surface area contributed by atoms with Crippen molar-refractivity contribution in [3.8, 4) is 0 Å². The van der Waals surface area contributed by atoms with Crippen molar-refractivity contribution in [2.75, 3.05) is 54.1 Å². The van der Waals surface area contributed by atoms with Crippen LogP contribution in [-0.2, 0) is 13.3 Å². The van der Waals surface area contributed by atoms with Crippen LogP contribution in [-0.4, -0.2) is 62.9 Å². The Kier molecular flexibility index (Phi) is 16.9. The molecule has 0 fully saturated rings. The molecule has 112 valence electrons. The van der Waals surface area contributed by atoms with Crippen molar-refractivity contribution in [2.45, 2.75) is 12.5 Å². The van der Waals surface area contributed by atoms with Gasteiger partial charge in [-0.3, -0.25) is 0 Å². The molecule has 0 saturated heterocycles. The second-order valence-electron chi connectivity index (χ2n) is 3.51. The maximum atomic E-state index is 5.35. The third-order valence-electron chi connectivity index (χ3n) is 2.26. The third kappa shape index (κ3) is 11.1. The van der Waals surface area contributed by atoms with Crippen LogP contribution in [0.3, 0.4) is 0 Å². The molecule has 7 nitrogen and oxygen atoms in total. The van der Waals surface area contributed by atoms with E-state index in [4.69, 9.17) is 30.5 Å². The Hall–Kier alpha value is -0.0631. The second kappa shape index (κ2) is 15.0. The minimum atomic E-state index is -2.35. The fourth-order valence-electron chi connectivity index (χ4n) is 1.21.